The van der Waals surface area contributed by atoms with Gasteiger partial charge < -0.3 is 19.7 Å². The van der Waals surface area contributed by atoms with Crippen molar-refractivity contribution in [3.05, 3.63) is 58.6 Å². The molecule has 1 fully saturated rings. The first-order valence-corrected chi connectivity index (χ1v) is 9.69. The van der Waals surface area contributed by atoms with Gasteiger partial charge in [-0.15, -0.1) is 0 Å². The molecule has 1 aliphatic heterocycles. The Morgan fingerprint density at radius 1 is 1.10 bits per heavy atom. The van der Waals surface area contributed by atoms with Crippen molar-refractivity contribution in [2.24, 2.45) is 0 Å². The summed E-state index contributed by atoms with van der Waals surface area (Å²) in [5.41, 5.74) is 1.59. The van der Waals surface area contributed by atoms with Gasteiger partial charge in [-0.05, 0) is 54.7 Å². The number of benzene rings is 2. The minimum Gasteiger partial charge on any atom is -0.495 e. The molecular weight excluding hydrogens is 414 g/mol. The minimum atomic E-state index is -0.397. The highest BCUT2D eigenvalue weighted by Gasteiger charge is 2.18. The number of ether oxygens (including phenoxy) is 2. The second-order valence-corrected chi connectivity index (χ2v) is 7.05. The zero-order valence-electron chi connectivity index (χ0n) is 15.7. The van der Waals surface area contributed by atoms with Crippen molar-refractivity contribution < 1.29 is 19.1 Å². The Labute approximate surface area is 178 Å². The van der Waals surface area contributed by atoms with Crippen LogP contribution >= 0.6 is 23.8 Å². The lowest BCUT2D eigenvalue weighted by molar-refractivity contribution is 0.0303. The van der Waals surface area contributed by atoms with E-state index in [1.807, 2.05) is 0 Å². The van der Waals surface area contributed by atoms with Crippen LogP contribution in [0.4, 0.5) is 5.69 Å². The number of anilines is 1. The van der Waals surface area contributed by atoms with Crippen LogP contribution < -0.4 is 15.4 Å². The van der Waals surface area contributed by atoms with Crippen LogP contribution in [-0.2, 0) is 4.74 Å². The smallest absolute Gasteiger partial charge is 0.257 e. The highest BCUT2D eigenvalue weighted by Crippen LogP contribution is 2.24. The summed E-state index contributed by atoms with van der Waals surface area (Å²) in [5, 5.41) is 5.98. The van der Waals surface area contributed by atoms with Gasteiger partial charge in [-0.2, -0.15) is 0 Å². The number of hydrogen-bond donors (Lipinski definition) is 2. The summed E-state index contributed by atoms with van der Waals surface area (Å²) in [6.45, 7) is 2.28. The zero-order chi connectivity index (χ0) is 20.8. The normalized spacial score (nSPS) is 13.5. The van der Waals surface area contributed by atoms with Crippen molar-refractivity contribution in [3.8, 4) is 5.75 Å². The number of rotatable bonds is 4. The maximum atomic E-state index is 12.5. The summed E-state index contributed by atoms with van der Waals surface area (Å²) in [5.74, 6) is 0.0499. The molecule has 2 amide bonds. The summed E-state index contributed by atoms with van der Waals surface area (Å²) in [4.78, 5) is 26.5. The van der Waals surface area contributed by atoms with Crippen molar-refractivity contribution in [3.63, 3.8) is 0 Å². The molecular formula is C20H20ClN3O4S. The maximum Gasteiger partial charge on any atom is 0.257 e. The molecule has 1 heterocycles. The van der Waals surface area contributed by atoms with Crippen molar-refractivity contribution in [2.45, 2.75) is 0 Å². The SMILES string of the molecule is COc1ccc(C(=O)NC(=S)Nc2ccc(C(=O)N3CCOCC3)cc2)cc1Cl. The number of nitrogens with zero attached hydrogens (tertiary/aromatic N) is 1. The van der Waals surface area contributed by atoms with Crippen LogP contribution in [0.2, 0.25) is 5.02 Å². The van der Waals surface area contributed by atoms with E-state index in [1.54, 1.807) is 41.3 Å². The molecule has 0 atom stereocenters. The number of halogens is 1. The quantitative estimate of drug-likeness (QED) is 0.722. The molecule has 9 heteroatoms. The molecule has 0 saturated carbocycles. The lowest BCUT2D eigenvalue weighted by Gasteiger charge is -2.26. The first-order valence-electron chi connectivity index (χ1n) is 8.91. The van der Waals surface area contributed by atoms with E-state index in [9.17, 15) is 9.59 Å². The van der Waals surface area contributed by atoms with Crippen LogP contribution in [0.3, 0.4) is 0 Å². The van der Waals surface area contributed by atoms with Gasteiger partial charge in [0.25, 0.3) is 11.8 Å². The van der Waals surface area contributed by atoms with Crippen LogP contribution in [0.5, 0.6) is 5.75 Å². The van der Waals surface area contributed by atoms with Gasteiger partial charge in [0.15, 0.2) is 5.11 Å². The van der Waals surface area contributed by atoms with Gasteiger partial charge in [0.1, 0.15) is 5.75 Å². The van der Waals surface area contributed by atoms with E-state index in [0.717, 1.165) is 0 Å². The number of amides is 2. The molecule has 152 valence electrons. The summed E-state index contributed by atoms with van der Waals surface area (Å²) in [6, 6.07) is 11.6. The van der Waals surface area contributed by atoms with E-state index < -0.39 is 5.91 Å². The molecule has 7 nitrogen and oxygen atoms in total. The monoisotopic (exact) mass is 433 g/mol. The van der Waals surface area contributed by atoms with Gasteiger partial charge in [-0.1, -0.05) is 11.6 Å². The van der Waals surface area contributed by atoms with E-state index >= 15 is 0 Å². The van der Waals surface area contributed by atoms with Crippen molar-refractivity contribution in [2.75, 3.05) is 38.7 Å². The second-order valence-electron chi connectivity index (χ2n) is 6.24. The number of nitrogens with one attached hydrogen (secondary N) is 2. The molecule has 29 heavy (non-hydrogen) atoms. The Kier molecular flexibility index (Phi) is 7.03. The molecule has 1 saturated heterocycles. The van der Waals surface area contributed by atoms with Gasteiger partial charge in [-0.3, -0.25) is 14.9 Å². The van der Waals surface area contributed by atoms with E-state index in [0.29, 0.717) is 53.9 Å². The highest BCUT2D eigenvalue weighted by molar-refractivity contribution is 7.80. The molecule has 1 aliphatic rings. The van der Waals surface area contributed by atoms with Gasteiger partial charge in [0.05, 0.1) is 25.3 Å². The summed E-state index contributed by atoms with van der Waals surface area (Å²) < 4.78 is 10.3. The predicted molar refractivity (Wildman–Crippen MR) is 115 cm³/mol. The molecule has 0 aromatic heterocycles. The number of morpholine rings is 1. The molecule has 0 unspecified atom stereocenters. The fourth-order valence-corrected chi connectivity index (χ4v) is 3.26. The topological polar surface area (TPSA) is 79.9 Å². The van der Waals surface area contributed by atoms with E-state index in [-0.39, 0.29) is 11.0 Å². The molecule has 2 N–H and O–H groups in total. The first-order chi connectivity index (χ1) is 14.0. The van der Waals surface area contributed by atoms with Gasteiger partial charge in [0.2, 0.25) is 0 Å². The first kappa shape index (κ1) is 21.0. The van der Waals surface area contributed by atoms with Gasteiger partial charge in [-0.25, -0.2) is 0 Å². The lowest BCUT2D eigenvalue weighted by Crippen LogP contribution is -2.40. The minimum absolute atomic E-state index is 0.0351. The van der Waals surface area contributed by atoms with E-state index in [4.69, 9.17) is 33.3 Å². The third-order valence-corrected chi connectivity index (χ3v) is 4.83. The Morgan fingerprint density at radius 2 is 1.76 bits per heavy atom. The third-order valence-electron chi connectivity index (χ3n) is 4.33. The molecule has 0 aliphatic carbocycles. The molecule has 2 aromatic carbocycles. The Bertz CT molecular complexity index is 914. The molecule has 0 radical (unpaired) electrons. The zero-order valence-corrected chi connectivity index (χ0v) is 17.3. The number of hydrogen-bond acceptors (Lipinski definition) is 5. The van der Waals surface area contributed by atoms with Crippen molar-refractivity contribution in [1.29, 1.82) is 0 Å². The molecule has 0 spiro atoms. The molecule has 2 aromatic rings. The fourth-order valence-electron chi connectivity index (χ4n) is 2.79. The van der Waals surface area contributed by atoms with E-state index in [2.05, 4.69) is 10.6 Å². The van der Waals surface area contributed by atoms with E-state index in [1.165, 1.54) is 13.2 Å². The Balaban J connectivity index is 1.57. The standard InChI is InChI=1S/C20H20ClN3O4S/c1-27-17-7-4-14(12-16(17)21)18(25)23-20(29)22-15-5-2-13(3-6-15)19(26)24-8-10-28-11-9-24/h2-7,12H,8-11H2,1H3,(H2,22,23,25,29). The molecule has 0 bridgehead atoms. The van der Waals surface area contributed by atoms with Crippen LogP contribution in [0.25, 0.3) is 0 Å². The third kappa shape index (κ3) is 5.44. The number of carbonyl (C=O) groups is 2. The average molecular weight is 434 g/mol. The van der Waals surface area contributed by atoms with Crippen LogP contribution in [0.15, 0.2) is 42.5 Å². The van der Waals surface area contributed by atoms with Crippen LogP contribution in [0, 0.1) is 0 Å². The van der Waals surface area contributed by atoms with Gasteiger partial charge >= 0.3 is 0 Å². The Morgan fingerprint density at radius 3 is 2.38 bits per heavy atom. The second kappa shape index (κ2) is 9.69. The number of carbonyl (C=O) groups excluding carboxylic acids is 2. The number of methoxy groups -OCH3 is 1. The summed E-state index contributed by atoms with van der Waals surface area (Å²) >= 11 is 11.2. The predicted octanol–water partition coefficient (Wildman–Crippen LogP) is 2.95. The van der Waals surface area contributed by atoms with Crippen molar-refractivity contribution >= 4 is 46.4 Å². The average Bonchev–Trinajstić information content (AvgIpc) is 2.74. The van der Waals surface area contributed by atoms with Crippen molar-refractivity contribution in [1.82, 2.24) is 10.2 Å². The Hall–Kier alpha value is -2.68. The largest absolute Gasteiger partial charge is 0.495 e. The lowest BCUT2D eigenvalue weighted by atomic mass is 10.1. The maximum absolute atomic E-state index is 12.5. The molecule has 3 rings (SSSR count). The summed E-state index contributed by atoms with van der Waals surface area (Å²) in [7, 11) is 1.50. The number of thiocarbonyl (C=S) groups is 1. The van der Waals surface area contributed by atoms with Crippen LogP contribution in [0.1, 0.15) is 20.7 Å². The van der Waals surface area contributed by atoms with Gasteiger partial charge in [0, 0.05) is 29.9 Å². The highest BCUT2D eigenvalue weighted by atomic mass is 35.5. The fraction of sp³-hybridized carbons (Fsp3) is 0.250. The van der Waals surface area contributed by atoms with Crippen LogP contribution in [-0.4, -0.2) is 55.2 Å². The summed E-state index contributed by atoms with van der Waals surface area (Å²) in [6.07, 6.45) is 0.